The van der Waals surface area contributed by atoms with Crippen molar-refractivity contribution in [2.45, 2.75) is 32.6 Å². The predicted molar refractivity (Wildman–Crippen MR) is 116 cm³/mol. The van der Waals surface area contributed by atoms with E-state index in [-0.39, 0.29) is 23.6 Å². The monoisotopic (exact) mass is 469 g/mol. The minimum absolute atomic E-state index is 0.0338. The zero-order valence-electron chi connectivity index (χ0n) is 18.4. The van der Waals surface area contributed by atoms with Crippen molar-refractivity contribution < 1.29 is 27.5 Å². The van der Waals surface area contributed by atoms with Gasteiger partial charge in [0.1, 0.15) is 23.4 Å². The molecule has 1 fully saturated rings. The SMILES string of the molecule is Cc1nc(-c2nc(-c3ccc(OC(C)(F)F)cc3)no2)nn1Cc1cccc(OC2COC2)c1. The van der Waals surface area contributed by atoms with Gasteiger partial charge in [-0.1, -0.05) is 17.3 Å². The summed E-state index contributed by atoms with van der Waals surface area (Å²) in [6.45, 7) is 4.21. The smallest absolute Gasteiger partial charge is 0.394 e. The Morgan fingerprint density at radius 3 is 2.56 bits per heavy atom. The van der Waals surface area contributed by atoms with E-state index in [4.69, 9.17) is 14.0 Å². The molecule has 1 aliphatic heterocycles. The van der Waals surface area contributed by atoms with Gasteiger partial charge in [-0.3, -0.25) is 0 Å². The summed E-state index contributed by atoms with van der Waals surface area (Å²) >= 11 is 0. The van der Waals surface area contributed by atoms with E-state index in [0.29, 0.717) is 43.9 Å². The molecule has 2 aromatic carbocycles. The second kappa shape index (κ2) is 8.82. The summed E-state index contributed by atoms with van der Waals surface area (Å²) in [7, 11) is 0. The number of benzene rings is 2. The van der Waals surface area contributed by atoms with Gasteiger partial charge in [0.25, 0.3) is 5.89 Å². The molecule has 0 saturated carbocycles. The summed E-state index contributed by atoms with van der Waals surface area (Å²) < 4.78 is 48.6. The Labute approximate surface area is 193 Å². The third-order valence-electron chi connectivity index (χ3n) is 5.02. The van der Waals surface area contributed by atoms with E-state index in [1.54, 1.807) is 16.8 Å². The molecule has 0 bridgehead atoms. The lowest BCUT2D eigenvalue weighted by molar-refractivity contribution is -0.158. The highest BCUT2D eigenvalue weighted by atomic mass is 19.3. The van der Waals surface area contributed by atoms with Gasteiger partial charge in [0.2, 0.25) is 11.6 Å². The average Bonchev–Trinajstić information content (AvgIpc) is 3.38. The Morgan fingerprint density at radius 1 is 1.06 bits per heavy atom. The third kappa shape index (κ3) is 5.04. The Kier molecular flexibility index (Phi) is 5.70. The molecule has 0 atom stereocenters. The van der Waals surface area contributed by atoms with Crippen LogP contribution in [0.4, 0.5) is 8.78 Å². The fourth-order valence-corrected chi connectivity index (χ4v) is 3.34. The highest BCUT2D eigenvalue weighted by molar-refractivity contribution is 5.57. The standard InChI is InChI=1S/C23H21F2N5O4/c1-14-26-21(28-30(14)11-15-4-3-5-18(10-15)32-19-12-31-13-19)22-27-20(29-34-22)16-6-8-17(9-7-16)33-23(2,24)25/h3-10,19H,11-13H2,1-2H3. The number of rotatable bonds is 8. The number of aromatic nitrogens is 5. The second-order valence-corrected chi connectivity index (χ2v) is 7.92. The van der Waals surface area contributed by atoms with Crippen LogP contribution in [0.5, 0.6) is 11.5 Å². The van der Waals surface area contributed by atoms with Crippen LogP contribution in [0.15, 0.2) is 53.1 Å². The quantitative estimate of drug-likeness (QED) is 0.380. The van der Waals surface area contributed by atoms with E-state index in [1.165, 1.54) is 12.1 Å². The minimum Gasteiger partial charge on any atom is -0.486 e. The van der Waals surface area contributed by atoms with E-state index < -0.39 is 6.11 Å². The molecule has 1 saturated heterocycles. The van der Waals surface area contributed by atoms with Gasteiger partial charge in [0.05, 0.1) is 19.8 Å². The van der Waals surface area contributed by atoms with Crippen molar-refractivity contribution in [1.29, 1.82) is 0 Å². The first kappa shape index (κ1) is 22.0. The van der Waals surface area contributed by atoms with Gasteiger partial charge >= 0.3 is 6.11 Å². The molecule has 0 spiro atoms. The highest BCUT2D eigenvalue weighted by Gasteiger charge is 2.23. The number of alkyl halides is 2. The normalized spacial score (nSPS) is 14.1. The molecule has 0 aliphatic carbocycles. The summed E-state index contributed by atoms with van der Waals surface area (Å²) in [4.78, 5) is 8.78. The largest absolute Gasteiger partial charge is 0.486 e. The lowest BCUT2D eigenvalue weighted by Gasteiger charge is -2.26. The molecule has 3 heterocycles. The summed E-state index contributed by atoms with van der Waals surface area (Å²) in [5.41, 5.74) is 1.58. The van der Waals surface area contributed by atoms with Crippen LogP contribution in [0, 0.1) is 6.92 Å². The minimum atomic E-state index is -3.26. The summed E-state index contributed by atoms with van der Waals surface area (Å²) in [5, 5.41) is 8.45. The van der Waals surface area contributed by atoms with Gasteiger partial charge < -0.3 is 18.7 Å². The van der Waals surface area contributed by atoms with Gasteiger partial charge in [0.15, 0.2) is 0 Å². The summed E-state index contributed by atoms with van der Waals surface area (Å²) in [6, 6.07) is 13.7. The zero-order valence-corrected chi connectivity index (χ0v) is 18.4. The molecule has 2 aromatic heterocycles. The summed E-state index contributed by atoms with van der Waals surface area (Å²) in [5.74, 6) is 2.22. The van der Waals surface area contributed by atoms with Crippen LogP contribution in [0.1, 0.15) is 18.3 Å². The number of nitrogens with zero attached hydrogens (tertiary/aromatic N) is 5. The van der Waals surface area contributed by atoms with Crippen LogP contribution in [0.3, 0.4) is 0 Å². The zero-order chi connectivity index (χ0) is 23.7. The maximum absolute atomic E-state index is 13.0. The van der Waals surface area contributed by atoms with E-state index in [1.807, 2.05) is 31.2 Å². The molecule has 11 heteroatoms. The van der Waals surface area contributed by atoms with Crippen LogP contribution >= 0.6 is 0 Å². The Bertz CT molecular complexity index is 1280. The summed E-state index contributed by atoms with van der Waals surface area (Å²) in [6.07, 6.45) is -3.17. The first-order valence-electron chi connectivity index (χ1n) is 10.6. The Morgan fingerprint density at radius 2 is 1.85 bits per heavy atom. The van der Waals surface area contributed by atoms with Crippen molar-refractivity contribution in [3.8, 4) is 34.6 Å². The molecule has 0 amide bonds. The van der Waals surface area contributed by atoms with Crippen molar-refractivity contribution in [1.82, 2.24) is 24.9 Å². The van der Waals surface area contributed by atoms with Gasteiger partial charge in [-0.2, -0.15) is 13.8 Å². The molecular formula is C23H21F2N5O4. The van der Waals surface area contributed by atoms with Crippen LogP contribution < -0.4 is 9.47 Å². The lowest BCUT2D eigenvalue weighted by atomic mass is 10.2. The number of halogens is 2. The molecule has 34 heavy (non-hydrogen) atoms. The number of hydrogen-bond donors (Lipinski definition) is 0. The van der Waals surface area contributed by atoms with Gasteiger partial charge in [-0.15, -0.1) is 5.10 Å². The topological polar surface area (TPSA) is 97.3 Å². The molecule has 5 rings (SSSR count). The van der Waals surface area contributed by atoms with Gasteiger partial charge in [0, 0.05) is 12.5 Å². The van der Waals surface area contributed by atoms with Crippen molar-refractivity contribution >= 4 is 0 Å². The van der Waals surface area contributed by atoms with Crippen molar-refractivity contribution in [3.63, 3.8) is 0 Å². The Hall–Kier alpha value is -3.86. The molecule has 4 aromatic rings. The molecule has 0 N–H and O–H groups in total. The van der Waals surface area contributed by atoms with Gasteiger partial charge in [-0.25, -0.2) is 9.67 Å². The van der Waals surface area contributed by atoms with Crippen LogP contribution in [-0.4, -0.2) is 50.3 Å². The fourth-order valence-electron chi connectivity index (χ4n) is 3.34. The molecule has 0 radical (unpaired) electrons. The van der Waals surface area contributed by atoms with Crippen molar-refractivity contribution in [3.05, 3.63) is 59.9 Å². The molecule has 9 nitrogen and oxygen atoms in total. The average molecular weight is 469 g/mol. The van der Waals surface area contributed by atoms with Crippen molar-refractivity contribution in [2.75, 3.05) is 13.2 Å². The van der Waals surface area contributed by atoms with Crippen LogP contribution in [0.2, 0.25) is 0 Å². The second-order valence-electron chi connectivity index (χ2n) is 7.92. The van der Waals surface area contributed by atoms with E-state index >= 15 is 0 Å². The van der Waals surface area contributed by atoms with Crippen LogP contribution in [0.25, 0.3) is 23.1 Å². The molecular weight excluding hydrogens is 448 g/mol. The van der Waals surface area contributed by atoms with Crippen molar-refractivity contribution in [2.24, 2.45) is 0 Å². The first-order valence-corrected chi connectivity index (χ1v) is 10.6. The van der Waals surface area contributed by atoms with Gasteiger partial charge in [-0.05, 0) is 48.9 Å². The fraction of sp³-hybridized carbons (Fsp3) is 0.304. The maximum Gasteiger partial charge on any atom is 0.394 e. The number of aryl methyl sites for hydroxylation is 1. The number of ether oxygens (including phenoxy) is 3. The highest BCUT2D eigenvalue weighted by Crippen LogP contribution is 2.26. The molecule has 176 valence electrons. The molecule has 1 aliphatic rings. The number of hydrogen-bond acceptors (Lipinski definition) is 8. The molecule has 0 unspecified atom stereocenters. The van der Waals surface area contributed by atoms with E-state index in [2.05, 4.69) is 25.0 Å². The van der Waals surface area contributed by atoms with E-state index in [9.17, 15) is 8.78 Å². The Balaban J connectivity index is 1.29. The van der Waals surface area contributed by atoms with E-state index in [0.717, 1.165) is 11.3 Å². The first-order chi connectivity index (χ1) is 16.3. The maximum atomic E-state index is 13.0. The third-order valence-corrected chi connectivity index (χ3v) is 5.02. The van der Waals surface area contributed by atoms with Crippen LogP contribution in [-0.2, 0) is 11.3 Å². The predicted octanol–water partition coefficient (Wildman–Crippen LogP) is 4.12. The lowest BCUT2D eigenvalue weighted by Crippen LogP contribution is -2.38.